The summed E-state index contributed by atoms with van der Waals surface area (Å²) < 4.78 is 11.2. The molecule has 0 unspecified atom stereocenters. The van der Waals surface area contributed by atoms with Crippen molar-refractivity contribution in [3.63, 3.8) is 0 Å². The van der Waals surface area contributed by atoms with Crippen LogP contribution in [0.15, 0.2) is 0 Å². The van der Waals surface area contributed by atoms with E-state index >= 15 is 0 Å². The molecule has 0 aromatic carbocycles. The van der Waals surface area contributed by atoms with E-state index in [1.165, 1.54) is 38.5 Å². The van der Waals surface area contributed by atoms with E-state index in [0.717, 1.165) is 17.8 Å². The van der Waals surface area contributed by atoms with E-state index in [9.17, 15) is 4.79 Å². The minimum absolute atomic E-state index is 0.0850. The van der Waals surface area contributed by atoms with Crippen LogP contribution >= 0.6 is 11.6 Å². The monoisotopic (exact) mass is 314 g/mol. The molecule has 4 bridgehead atoms. The van der Waals surface area contributed by atoms with Gasteiger partial charge in [-0.1, -0.05) is 0 Å². The number of hydrogen-bond acceptors (Lipinski definition) is 3. The molecule has 4 saturated carbocycles. The highest BCUT2D eigenvalue weighted by molar-refractivity contribution is 6.26. The summed E-state index contributed by atoms with van der Waals surface area (Å²) in [7, 11) is 0. The molecule has 0 aliphatic heterocycles. The second-order valence-electron chi connectivity index (χ2n) is 7.91. The molecule has 4 fully saturated rings. The second kappa shape index (κ2) is 5.73. The zero-order valence-corrected chi connectivity index (χ0v) is 14.0. The van der Waals surface area contributed by atoms with Crippen molar-refractivity contribution in [3.05, 3.63) is 0 Å². The molecule has 0 aromatic rings. The predicted octanol–water partition coefficient (Wildman–Crippen LogP) is 3.78. The van der Waals surface area contributed by atoms with E-state index in [2.05, 4.69) is 13.8 Å². The summed E-state index contributed by atoms with van der Waals surface area (Å²) in [5.74, 6) is 2.32. The number of hydrogen-bond donors (Lipinski definition) is 0. The molecule has 0 radical (unpaired) electrons. The summed E-state index contributed by atoms with van der Waals surface area (Å²) in [4.78, 5) is 11.0. The quantitative estimate of drug-likeness (QED) is 0.425. The minimum atomic E-state index is -0.368. The summed E-state index contributed by atoms with van der Waals surface area (Å²) in [5, 5.41) is 0. The molecular formula is C17H27ClO3. The number of alkyl halides is 1. The maximum Gasteiger partial charge on any atom is 0.320 e. The maximum atomic E-state index is 11.0. The van der Waals surface area contributed by atoms with Gasteiger partial charge in [0.2, 0.25) is 0 Å². The van der Waals surface area contributed by atoms with Gasteiger partial charge < -0.3 is 9.47 Å². The van der Waals surface area contributed by atoms with Gasteiger partial charge in [-0.05, 0) is 75.5 Å². The van der Waals surface area contributed by atoms with Crippen molar-refractivity contribution in [2.45, 2.75) is 58.0 Å². The highest BCUT2D eigenvalue weighted by atomic mass is 35.5. The maximum absolute atomic E-state index is 11.0. The van der Waals surface area contributed by atoms with E-state index in [1.807, 2.05) is 0 Å². The Bertz CT molecular complexity index is 370. The fourth-order valence-corrected chi connectivity index (χ4v) is 5.57. The Labute approximate surface area is 132 Å². The van der Waals surface area contributed by atoms with Gasteiger partial charge in [0.25, 0.3) is 0 Å². The number of esters is 1. The van der Waals surface area contributed by atoms with E-state index in [4.69, 9.17) is 21.1 Å². The second-order valence-corrected chi connectivity index (χ2v) is 8.18. The Morgan fingerprint density at radius 3 is 2.10 bits per heavy atom. The normalized spacial score (nSPS) is 37.8. The van der Waals surface area contributed by atoms with Crippen molar-refractivity contribution in [1.29, 1.82) is 0 Å². The lowest BCUT2D eigenvalue weighted by atomic mass is 9.46. The molecule has 0 heterocycles. The van der Waals surface area contributed by atoms with Crippen LogP contribution in [0, 0.1) is 23.2 Å². The fourth-order valence-electron chi connectivity index (χ4n) is 5.49. The Kier molecular flexibility index (Phi) is 4.26. The third kappa shape index (κ3) is 2.96. The van der Waals surface area contributed by atoms with Gasteiger partial charge >= 0.3 is 5.97 Å². The highest BCUT2D eigenvalue weighted by Gasteiger charge is 2.57. The van der Waals surface area contributed by atoms with Crippen molar-refractivity contribution < 1.29 is 14.3 Å². The fraction of sp³-hybridized carbons (Fsp3) is 0.941. The molecule has 4 aliphatic rings. The first kappa shape index (κ1) is 15.6. The van der Waals surface area contributed by atoms with Gasteiger partial charge in [0.1, 0.15) is 12.5 Å². The lowest BCUT2D eigenvalue weighted by Crippen LogP contribution is -2.57. The first-order chi connectivity index (χ1) is 9.94. The van der Waals surface area contributed by atoms with E-state index in [0.29, 0.717) is 18.6 Å². The largest absolute Gasteiger partial charge is 0.462 e. The average Bonchev–Trinajstić information content (AvgIpc) is 2.41. The van der Waals surface area contributed by atoms with Crippen LogP contribution < -0.4 is 0 Å². The third-order valence-electron chi connectivity index (χ3n) is 6.23. The van der Waals surface area contributed by atoms with Crippen LogP contribution in [0.5, 0.6) is 0 Å². The van der Waals surface area contributed by atoms with Crippen molar-refractivity contribution in [3.8, 4) is 0 Å². The molecule has 4 heteroatoms. The molecule has 4 rings (SSSR count). The van der Waals surface area contributed by atoms with E-state index < -0.39 is 0 Å². The SMILES string of the molecule is CC(C)(OCCOC(=O)CCl)C12CC3CC(CC(C3)C1)C2. The Balaban J connectivity index is 1.58. The standard InChI is InChI=1S/C17H27ClO3/c1-16(2,21-4-3-20-15(19)11-18)17-8-12-5-13(9-17)7-14(6-12)10-17/h12-14H,3-11H2,1-2H3. The van der Waals surface area contributed by atoms with Gasteiger partial charge in [-0.3, -0.25) is 4.79 Å². The summed E-state index contributed by atoms with van der Waals surface area (Å²) >= 11 is 5.42. The topological polar surface area (TPSA) is 35.5 Å². The summed E-state index contributed by atoms with van der Waals surface area (Å²) in [6.07, 6.45) is 8.32. The van der Waals surface area contributed by atoms with Gasteiger partial charge in [0.15, 0.2) is 0 Å². The Hall–Kier alpha value is -0.280. The van der Waals surface area contributed by atoms with Crippen molar-refractivity contribution in [1.82, 2.24) is 0 Å². The smallest absolute Gasteiger partial charge is 0.320 e. The minimum Gasteiger partial charge on any atom is -0.462 e. The lowest BCUT2D eigenvalue weighted by molar-refractivity contribution is -0.193. The molecule has 0 amide bonds. The van der Waals surface area contributed by atoms with Gasteiger partial charge in [-0.2, -0.15) is 0 Å². The first-order valence-electron chi connectivity index (χ1n) is 8.30. The predicted molar refractivity (Wildman–Crippen MR) is 82.3 cm³/mol. The first-order valence-corrected chi connectivity index (χ1v) is 8.83. The van der Waals surface area contributed by atoms with Crippen LogP contribution in [-0.4, -0.2) is 30.7 Å². The number of halogens is 1. The molecule has 0 aromatic heterocycles. The van der Waals surface area contributed by atoms with Gasteiger partial charge in [-0.25, -0.2) is 0 Å². The molecule has 0 spiro atoms. The molecule has 4 aliphatic carbocycles. The van der Waals surface area contributed by atoms with Crippen LogP contribution in [0.1, 0.15) is 52.4 Å². The lowest BCUT2D eigenvalue weighted by Gasteiger charge is -2.62. The Morgan fingerprint density at radius 2 is 1.62 bits per heavy atom. The van der Waals surface area contributed by atoms with Gasteiger partial charge in [0, 0.05) is 0 Å². The molecule has 21 heavy (non-hydrogen) atoms. The summed E-state index contributed by atoms with van der Waals surface area (Å²) in [6, 6.07) is 0. The van der Waals surface area contributed by atoms with Crippen LogP contribution in [0.25, 0.3) is 0 Å². The number of carbonyl (C=O) groups excluding carboxylic acids is 1. The van der Waals surface area contributed by atoms with E-state index in [1.54, 1.807) is 0 Å². The van der Waals surface area contributed by atoms with Crippen molar-refractivity contribution >= 4 is 17.6 Å². The third-order valence-corrected chi connectivity index (χ3v) is 6.45. The van der Waals surface area contributed by atoms with Crippen LogP contribution in [0.4, 0.5) is 0 Å². The van der Waals surface area contributed by atoms with Crippen LogP contribution in [0.2, 0.25) is 0 Å². The van der Waals surface area contributed by atoms with Crippen molar-refractivity contribution in [2.75, 3.05) is 19.1 Å². The molecule has 120 valence electrons. The number of carbonyl (C=O) groups is 1. The molecular weight excluding hydrogens is 288 g/mol. The van der Waals surface area contributed by atoms with Gasteiger partial charge in [-0.15, -0.1) is 11.6 Å². The van der Waals surface area contributed by atoms with Gasteiger partial charge in [0.05, 0.1) is 12.2 Å². The summed E-state index contributed by atoms with van der Waals surface area (Å²) in [5.41, 5.74) is 0.217. The Morgan fingerprint density at radius 1 is 1.10 bits per heavy atom. The van der Waals surface area contributed by atoms with Crippen LogP contribution in [-0.2, 0) is 14.3 Å². The summed E-state index contributed by atoms with van der Waals surface area (Å²) in [6.45, 7) is 5.26. The molecule has 3 nitrogen and oxygen atoms in total. The van der Waals surface area contributed by atoms with Crippen LogP contribution in [0.3, 0.4) is 0 Å². The average molecular weight is 315 g/mol. The molecule has 0 atom stereocenters. The van der Waals surface area contributed by atoms with E-state index in [-0.39, 0.29) is 17.5 Å². The number of ether oxygens (including phenoxy) is 2. The van der Waals surface area contributed by atoms with Crippen molar-refractivity contribution in [2.24, 2.45) is 23.2 Å². The molecule has 0 N–H and O–H groups in total. The molecule has 0 saturated heterocycles. The number of rotatable bonds is 6. The zero-order valence-electron chi connectivity index (χ0n) is 13.2. The highest BCUT2D eigenvalue weighted by Crippen LogP contribution is 2.64. The zero-order chi connectivity index (χ0) is 15.1.